The molecule has 176 valence electrons. The van der Waals surface area contributed by atoms with Crippen molar-refractivity contribution >= 4 is 5.65 Å². The minimum Gasteiger partial charge on any atom is -0.381 e. The van der Waals surface area contributed by atoms with Crippen LogP contribution in [0.15, 0.2) is 43.0 Å². The highest BCUT2D eigenvalue weighted by atomic mass is 19.1. The van der Waals surface area contributed by atoms with Gasteiger partial charge >= 0.3 is 0 Å². The fourth-order valence-electron chi connectivity index (χ4n) is 5.60. The molecule has 7 rings (SSSR count). The lowest BCUT2D eigenvalue weighted by molar-refractivity contribution is 0.0795. The molecule has 1 aliphatic heterocycles. The predicted octanol–water partition coefficient (Wildman–Crippen LogP) is 3.80. The molecule has 1 N–H and O–H groups in total. The Hall–Kier alpha value is -3.92. The zero-order valence-electron chi connectivity index (χ0n) is 19.4. The van der Waals surface area contributed by atoms with Crippen LogP contribution in [-0.2, 0) is 10.2 Å². The summed E-state index contributed by atoms with van der Waals surface area (Å²) in [6, 6.07) is 5.51. The first-order valence-corrected chi connectivity index (χ1v) is 11.7. The number of aryl methyl sites for hydroxylation is 1. The van der Waals surface area contributed by atoms with Gasteiger partial charge in [-0.2, -0.15) is 15.3 Å². The van der Waals surface area contributed by atoms with Crippen LogP contribution in [0.25, 0.3) is 33.8 Å². The lowest BCUT2D eigenvalue weighted by Gasteiger charge is -2.23. The number of hydrogen-bond acceptors (Lipinski definition) is 6. The zero-order valence-corrected chi connectivity index (χ0v) is 19.4. The fourth-order valence-corrected chi connectivity index (χ4v) is 5.60. The molecule has 5 aromatic heterocycles. The number of nitrogens with one attached hydrogen (secondary N) is 1. The van der Waals surface area contributed by atoms with Gasteiger partial charge in [-0.1, -0.05) is 0 Å². The van der Waals surface area contributed by atoms with E-state index in [0.29, 0.717) is 11.6 Å². The topological polar surface area (TPSA) is 98.8 Å². The molecule has 2 aliphatic rings. The van der Waals surface area contributed by atoms with Crippen molar-refractivity contribution in [3.63, 3.8) is 0 Å². The van der Waals surface area contributed by atoms with Crippen molar-refractivity contribution < 1.29 is 9.13 Å². The Morgan fingerprint density at radius 2 is 2.11 bits per heavy atom. The van der Waals surface area contributed by atoms with Crippen LogP contribution in [0.5, 0.6) is 0 Å². The number of ether oxygens (including phenoxy) is 1. The molecule has 0 aromatic carbocycles. The molecule has 2 atom stereocenters. The SMILES string of the molecule is Cc1nn(-c2cncc(F)c2)c(C)c1-c1cc(C23CCOCC2C3)nc2c(-c3ccn[nH]3)cnn12. The van der Waals surface area contributed by atoms with E-state index in [1.54, 1.807) is 17.1 Å². The van der Waals surface area contributed by atoms with Gasteiger partial charge in [0.1, 0.15) is 5.82 Å². The van der Waals surface area contributed by atoms with Crippen molar-refractivity contribution in [3.05, 3.63) is 65.9 Å². The summed E-state index contributed by atoms with van der Waals surface area (Å²) in [5, 5.41) is 16.6. The van der Waals surface area contributed by atoms with E-state index in [-0.39, 0.29) is 5.41 Å². The number of fused-ring (bicyclic) bond motifs is 2. The highest BCUT2D eigenvalue weighted by Crippen LogP contribution is 2.58. The van der Waals surface area contributed by atoms with Gasteiger partial charge in [-0.15, -0.1) is 0 Å². The number of hydrogen-bond donors (Lipinski definition) is 1. The smallest absolute Gasteiger partial charge is 0.165 e. The Labute approximate surface area is 200 Å². The number of aromatic amines is 1. The first-order chi connectivity index (χ1) is 17.0. The number of pyridine rings is 1. The summed E-state index contributed by atoms with van der Waals surface area (Å²) in [7, 11) is 0. The van der Waals surface area contributed by atoms with E-state index in [0.717, 1.165) is 71.3 Å². The van der Waals surface area contributed by atoms with Gasteiger partial charge in [-0.3, -0.25) is 10.1 Å². The van der Waals surface area contributed by atoms with E-state index < -0.39 is 5.82 Å². The summed E-state index contributed by atoms with van der Waals surface area (Å²) in [6.07, 6.45) is 8.38. The molecule has 1 aliphatic carbocycles. The molecule has 2 fully saturated rings. The van der Waals surface area contributed by atoms with Crippen molar-refractivity contribution in [1.82, 2.24) is 39.6 Å². The molecular weight excluding hydrogens is 447 g/mol. The van der Waals surface area contributed by atoms with E-state index in [4.69, 9.17) is 19.9 Å². The minimum absolute atomic E-state index is 0.0363. The number of rotatable bonds is 4. The number of aromatic nitrogens is 8. The molecule has 0 radical (unpaired) electrons. The average molecular weight is 471 g/mol. The summed E-state index contributed by atoms with van der Waals surface area (Å²) in [5.74, 6) is 0.0840. The number of nitrogens with zero attached hydrogens (tertiary/aromatic N) is 7. The molecule has 1 saturated heterocycles. The molecule has 1 saturated carbocycles. The zero-order chi connectivity index (χ0) is 23.7. The highest BCUT2D eigenvalue weighted by molar-refractivity contribution is 5.78. The van der Waals surface area contributed by atoms with Crippen LogP contribution < -0.4 is 0 Å². The number of halogens is 1. The molecule has 2 unspecified atom stereocenters. The molecule has 0 bridgehead atoms. The van der Waals surface area contributed by atoms with Crippen molar-refractivity contribution in [2.45, 2.75) is 32.1 Å². The largest absolute Gasteiger partial charge is 0.381 e. The van der Waals surface area contributed by atoms with E-state index in [1.807, 2.05) is 30.6 Å². The fraction of sp³-hybridized carbons (Fsp3) is 0.320. The lowest BCUT2D eigenvalue weighted by Crippen LogP contribution is -2.23. The second-order valence-electron chi connectivity index (χ2n) is 9.49. The first-order valence-electron chi connectivity index (χ1n) is 11.7. The van der Waals surface area contributed by atoms with Gasteiger partial charge in [-0.05, 0) is 44.7 Å². The van der Waals surface area contributed by atoms with Crippen molar-refractivity contribution in [1.29, 1.82) is 0 Å². The van der Waals surface area contributed by atoms with Crippen LogP contribution >= 0.6 is 0 Å². The van der Waals surface area contributed by atoms with Crippen LogP contribution in [0.2, 0.25) is 0 Å². The second-order valence-corrected chi connectivity index (χ2v) is 9.49. The molecule has 9 nitrogen and oxygen atoms in total. The monoisotopic (exact) mass is 470 g/mol. The van der Waals surface area contributed by atoms with Gasteiger partial charge in [0.2, 0.25) is 0 Å². The third-order valence-electron chi connectivity index (χ3n) is 7.50. The Kier molecular flexibility index (Phi) is 4.26. The van der Waals surface area contributed by atoms with Crippen LogP contribution in [-0.4, -0.2) is 52.8 Å². The van der Waals surface area contributed by atoms with Crippen LogP contribution in [0.4, 0.5) is 4.39 Å². The van der Waals surface area contributed by atoms with Gasteiger partial charge in [-0.25, -0.2) is 18.6 Å². The van der Waals surface area contributed by atoms with E-state index in [2.05, 4.69) is 21.2 Å². The van der Waals surface area contributed by atoms with Gasteiger partial charge in [0.15, 0.2) is 5.65 Å². The maximum atomic E-state index is 13.9. The molecule has 0 spiro atoms. The standard InChI is InChI=1S/C25H23FN8O/c1-14-23(15(2)33(32-14)18-7-17(26)10-27-11-18)21-8-22(25-4-6-35-13-16(25)9-25)30-24-19(12-29-34(21)24)20-3-5-28-31-20/h3,5,7-8,10-12,16H,4,6,9,13H2,1-2H3,(H,28,31). The van der Waals surface area contributed by atoms with Crippen LogP contribution in [0, 0.1) is 25.6 Å². The summed E-state index contributed by atoms with van der Waals surface area (Å²) in [4.78, 5) is 9.16. The first kappa shape index (κ1) is 20.5. The maximum Gasteiger partial charge on any atom is 0.165 e. The quantitative estimate of drug-likeness (QED) is 0.429. The predicted molar refractivity (Wildman–Crippen MR) is 126 cm³/mol. The average Bonchev–Trinajstić information content (AvgIpc) is 3.15. The Morgan fingerprint density at radius 1 is 1.20 bits per heavy atom. The van der Waals surface area contributed by atoms with Crippen molar-refractivity contribution in [2.24, 2.45) is 5.92 Å². The molecule has 10 heteroatoms. The van der Waals surface area contributed by atoms with Gasteiger partial charge in [0.05, 0.1) is 64.9 Å². The lowest BCUT2D eigenvalue weighted by atomic mass is 9.92. The molecule has 35 heavy (non-hydrogen) atoms. The Morgan fingerprint density at radius 3 is 2.91 bits per heavy atom. The summed E-state index contributed by atoms with van der Waals surface area (Å²) in [5.41, 5.74) is 7.76. The molecular formula is C25H23FN8O. The highest BCUT2D eigenvalue weighted by Gasteiger charge is 2.58. The van der Waals surface area contributed by atoms with E-state index in [1.165, 1.54) is 12.3 Å². The Bertz CT molecular complexity index is 1590. The molecule has 6 heterocycles. The Balaban J connectivity index is 1.47. The summed E-state index contributed by atoms with van der Waals surface area (Å²) in [6.45, 7) is 5.47. The summed E-state index contributed by atoms with van der Waals surface area (Å²) >= 11 is 0. The third kappa shape index (κ3) is 2.99. The third-order valence-corrected chi connectivity index (χ3v) is 7.50. The van der Waals surface area contributed by atoms with Crippen molar-refractivity contribution in [3.8, 4) is 28.2 Å². The van der Waals surface area contributed by atoms with Crippen LogP contribution in [0.3, 0.4) is 0 Å². The minimum atomic E-state index is -0.403. The van der Waals surface area contributed by atoms with Gasteiger partial charge in [0.25, 0.3) is 0 Å². The van der Waals surface area contributed by atoms with Crippen molar-refractivity contribution in [2.75, 3.05) is 13.2 Å². The normalized spacial score (nSPS) is 21.4. The van der Waals surface area contributed by atoms with E-state index in [9.17, 15) is 4.39 Å². The van der Waals surface area contributed by atoms with Gasteiger partial charge < -0.3 is 4.74 Å². The maximum absolute atomic E-state index is 13.9. The van der Waals surface area contributed by atoms with Crippen LogP contribution in [0.1, 0.15) is 29.9 Å². The second kappa shape index (κ2) is 7.29. The van der Waals surface area contributed by atoms with Gasteiger partial charge in [0, 0.05) is 29.8 Å². The van der Waals surface area contributed by atoms with E-state index >= 15 is 0 Å². The summed E-state index contributed by atoms with van der Waals surface area (Å²) < 4.78 is 23.3. The molecule has 0 amide bonds. The molecule has 5 aromatic rings. The number of H-pyrrole nitrogens is 1.